The molecule has 20 heavy (non-hydrogen) atoms. The third-order valence-corrected chi connectivity index (χ3v) is 6.14. The summed E-state index contributed by atoms with van der Waals surface area (Å²) in [5.74, 6) is 0. The SMILES string of the molecule is CC[C@H]1c2cccn2CCN1S(=O)(=O)N1CCOCC1. The van der Waals surface area contributed by atoms with Gasteiger partial charge in [-0.1, -0.05) is 6.92 Å². The van der Waals surface area contributed by atoms with Crippen molar-refractivity contribution in [3.05, 3.63) is 24.0 Å². The predicted molar refractivity (Wildman–Crippen MR) is 75.5 cm³/mol. The molecule has 7 heteroatoms. The fraction of sp³-hybridized carbons (Fsp3) is 0.692. The van der Waals surface area contributed by atoms with Crippen LogP contribution in [0.5, 0.6) is 0 Å². The van der Waals surface area contributed by atoms with E-state index >= 15 is 0 Å². The van der Waals surface area contributed by atoms with Gasteiger partial charge in [-0.2, -0.15) is 17.0 Å². The van der Waals surface area contributed by atoms with Crippen LogP contribution in [0.3, 0.4) is 0 Å². The minimum absolute atomic E-state index is 0.0633. The maximum absolute atomic E-state index is 12.8. The van der Waals surface area contributed by atoms with Crippen molar-refractivity contribution in [2.45, 2.75) is 25.9 Å². The normalized spacial score (nSPS) is 25.6. The molecule has 1 atom stereocenters. The topological polar surface area (TPSA) is 54.8 Å². The van der Waals surface area contributed by atoms with E-state index in [1.807, 2.05) is 25.3 Å². The standard InChI is InChI=1S/C13H21N3O3S/c1-2-12-13-4-3-5-14(13)6-7-16(12)20(17,18)15-8-10-19-11-9-15/h3-5,12H,2,6-11H2,1H3/t12-/m0/s1. The Morgan fingerprint density at radius 1 is 1.25 bits per heavy atom. The zero-order chi connectivity index (χ0) is 14.2. The van der Waals surface area contributed by atoms with E-state index in [-0.39, 0.29) is 6.04 Å². The average molecular weight is 299 g/mol. The Bertz CT molecular complexity index is 563. The number of rotatable bonds is 3. The van der Waals surface area contributed by atoms with Crippen molar-refractivity contribution < 1.29 is 13.2 Å². The summed E-state index contributed by atoms with van der Waals surface area (Å²) in [5, 5.41) is 0. The first-order valence-electron chi connectivity index (χ1n) is 7.14. The molecule has 0 amide bonds. The van der Waals surface area contributed by atoms with Gasteiger partial charge in [-0.3, -0.25) is 0 Å². The van der Waals surface area contributed by atoms with Crippen molar-refractivity contribution in [1.29, 1.82) is 0 Å². The smallest absolute Gasteiger partial charge is 0.282 e. The van der Waals surface area contributed by atoms with Gasteiger partial charge in [0.2, 0.25) is 0 Å². The summed E-state index contributed by atoms with van der Waals surface area (Å²) in [6.45, 7) is 5.18. The maximum Gasteiger partial charge on any atom is 0.282 e. The van der Waals surface area contributed by atoms with Crippen LogP contribution < -0.4 is 0 Å². The molecule has 1 aromatic heterocycles. The van der Waals surface area contributed by atoms with Gasteiger partial charge in [-0.05, 0) is 18.6 Å². The molecule has 2 aliphatic rings. The second-order valence-electron chi connectivity index (χ2n) is 5.18. The van der Waals surface area contributed by atoms with Gasteiger partial charge < -0.3 is 9.30 Å². The molecule has 1 saturated heterocycles. The van der Waals surface area contributed by atoms with Crippen LogP contribution in [0.25, 0.3) is 0 Å². The molecule has 1 aromatic rings. The molecule has 112 valence electrons. The van der Waals surface area contributed by atoms with Gasteiger partial charge in [0, 0.05) is 38.1 Å². The Kier molecular flexibility index (Phi) is 3.85. The largest absolute Gasteiger partial charge is 0.379 e. The predicted octanol–water partition coefficient (Wildman–Crippen LogP) is 0.832. The Morgan fingerprint density at radius 3 is 2.70 bits per heavy atom. The third-order valence-electron chi connectivity index (χ3n) is 4.09. The van der Waals surface area contributed by atoms with Crippen LogP contribution in [0.2, 0.25) is 0 Å². The summed E-state index contributed by atoms with van der Waals surface area (Å²) in [6.07, 6.45) is 2.81. The molecule has 1 fully saturated rings. The lowest BCUT2D eigenvalue weighted by atomic mass is 10.1. The monoisotopic (exact) mass is 299 g/mol. The molecule has 3 heterocycles. The molecule has 2 aliphatic heterocycles. The zero-order valence-electron chi connectivity index (χ0n) is 11.7. The van der Waals surface area contributed by atoms with Gasteiger partial charge in [0.1, 0.15) is 0 Å². The Hall–Kier alpha value is -0.890. The van der Waals surface area contributed by atoms with Crippen molar-refractivity contribution in [1.82, 2.24) is 13.2 Å². The van der Waals surface area contributed by atoms with Crippen molar-refractivity contribution in [3.8, 4) is 0 Å². The number of hydrogen-bond acceptors (Lipinski definition) is 3. The van der Waals surface area contributed by atoms with Crippen molar-refractivity contribution in [2.75, 3.05) is 32.8 Å². The van der Waals surface area contributed by atoms with Gasteiger partial charge in [0.05, 0.1) is 19.3 Å². The lowest BCUT2D eigenvalue weighted by Crippen LogP contribution is -2.51. The summed E-state index contributed by atoms with van der Waals surface area (Å²) in [4.78, 5) is 0. The fourth-order valence-corrected chi connectivity index (χ4v) is 4.86. The molecule has 6 nitrogen and oxygen atoms in total. The zero-order valence-corrected chi connectivity index (χ0v) is 12.6. The van der Waals surface area contributed by atoms with Gasteiger partial charge in [0.25, 0.3) is 10.2 Å². The summed E-state index contributed by atoms with van der Waals surface area (Å²) in [6, 6.07) is 3.95. The number of morpholine rings is 1. The molecule has 0 aliphatic carbocycles. The number of ether oxygens (including phenoxy) is 1. The fourth-order valence-electron chi connectivity index (χ4n) is 3.06. The molecule has 0 aromatic carbocycles. The van der Waals surface area contributed by atoms with Crippen LogP contribution in [0.1, 0.15) is 25.1 Å². The third kappa shape index (κ3) is 2.28. The summed E-state index contributed by atoms with van der Waals surface area (Å²) in [5.41, 5.74) is 1.09. The molecular formula is C13H21N3O3S. The highest BCUT2D eigenvalue weighted by Crippen LogP contribution is 2.32. The van der Waals surface area contributed by atoms with E-state index in [9.17, 15) is 8.42 Å². The van der Waals surface area contributed by atoms with E-state index in [0.717, 1.165) is 18.7 Å². The Balaban J connectivity index is 1.89. The van der Waals surface area contributed by atoms with Crippen molar-refractivity contribution >= 4 is 10.2 Å². The van der Waals surface area contributed by atoms with Crippen LogP contribution in [-0.2, 0) is 21.5 Å². The highest BCUT2D eigenvalue weighted by molar-refractivity contribution is 7.86. The molecular weight excluding hydrogens is 278 g/mol. The van der Waals surface area contributed by atoms with Crippen molar-refractivity contribution in [3.63, 3.8) is 0 Å². The number of fused-ring (bicyclic) bond motifs is 1. The molecule has 0 unspecified atom stereocenters. The molecule has 3 rings (SSSR count). The minimum Gasteiger partial charge on any atom is -0.379 e. The van der Waals surface area contributed by atoms with Crippen LogP contribution in [0, 0.1) is 0 Å². The first kappa shape index (κ1) is 14.1. The molecule has 0 spiro atoms. The van der Waals surface area contributed by atoms with Crippen LogP contribution in [0.15, 0.2) is 18.3 Å². The molecule has 0 N–H and O–H groups in total. The van der Waals surface area contributed by atoms with Gasteiger partial charge in [-0.25, -0.2) is 0 Å². The van der Waals surface area contributed by atoms with E-state index < -0.39 is 10.2 Å². The van der Waals surface area contributed by atoms with Gasteiger partial charge >= 0.3 is 0 Å². The first-order chi connectivity index (χ1) is 9.64. The second-order valence-corrected chi connectivity index (χ2v) is 7.06. The summed E-state index contributed by atoms with van der Waals surface area (Å²) in [7, 11) is -3.39. The van der Waals surface area contributed by atoms with E-state index in [2.05, 4.69) is 4.57 Å². The number of nitrogens with zero attached hydrogens (tertiary/aromatic N) is 3. The first-order valence-corrected chi connectivity index (χ1v) is 8.54. The lowest BCUT2D eigenvalue weighted by Gasteiger charge is -2.39. The van der Waals surface area contributed by atoms with Gasteiger partial charge in [0.15, 0.2) is 0 Å². The molecule has 0 bridgehead atoms. The van der Waals surface area contributed by atoms with E-state index in [4.69, 9.17) is 4.74 Å². The number of hydrogen-bond donors (Lipinski definition) is 0. The highest BCUT2D eigenvalue weighted by atomic mass is 32.2. The maximum atomic E-state index is 12.8. The summed E-state index contributed by atoms with van der Waals surface area (Å²) < 4.78 is 36.3. The van der Waals surface area contributed by atoms with Crippen molar-refractivity contribution in [2.24, 2.45) is 0 Å². The molecule has 0 radical (unpaired) electrons. The molecule has 0 saturated carbocycles. The highest BCUT2D eigenvalue weighted by Gasteiger charge is 2.38. The van der Waals surface area contributed by atoms with Crippen LogP contribution >= 0.6 is 0 Å². The number of aromatic nitrogens is 1. The lowest BCUT2D eigenvalue weighted by molar-refractivity contribution is 0.0683. The quantitative estimate of drug-likeness (QED) is 0.831. The van der Waals surface area contributed by atoms with Crippen LogP contribution in [-0.4, -0.2) is 54.4 Å². The average Bonchev–Trinajstić information content (AvgIpc) is 2.95. The Morgan fingerprint density at radius 2 is 2.00 bits per heavy atom. The summed E-state index contributed by atoms with van der Waals surface area (Å²) >= 11 is 0. The van der Waals surface area contributed by atoms with Gasteiger partial charge in [-0.15, -0.1) is 0 Å². The Labute approximate surface area is 120 Å². The van der Waals surface area contributed by atoms with E-state index in [1.54, 1.807) is 8.61 Å². The van der Waals surface area contributed by atoms with E-state index in [0.29, 0.717) is 32.8 Å². The van der Waals surface area contributed by atoms with E-state index in [1.165, 1.54) is 0 Å². The minimum atomic E-state index is -3.39. The van der Waals surface area contributed by atoms with Crippen LogP contribution in [0.4, 0.5) is 0 Å². The second kappa shape index (κ2) is 5.48.